The Morgan fingerprint density at radius 3 is 2.38 bits per heavy atom. The van der Waals surface area contributed by atoms with Crippen LogP contribution in [0.15, 0.2) is 59.4 Å². The third-order valence-electron chi connectivity index (χ3n) is 4.66. The molecule has 29 heavy (non-hydrogen) atoms. The number of carbonyl (C=O) groups is 2. The fraction of sp³-hybridized carbons (Fsp3) is 0.304. The second-order valence-corrected chi connectivity index (χ2v) is 6.80. The van der Waals surface area contributed by atoms with Crippen molar-refractivity contribution in [1.82, 2.24) is 9.78 Å². The first-order valence-electron chi connectivity index (χ1n) is 9.87. The molecule has 0 unspecified atom stereocenters. The van der Waals surface area contributed by atoms with Crippen LogP contribution >= 0.6 is 0 Å². The van der Waals surface area contributed by atoms with Crippen molar-refractivity contribution in [2.75, 3.05) is 6.61 Å². The summed E-state index contributed by atoms with van der Waals surface area (Å²) in [5, 5.41) is 5.19. The number of ketones is 1. The van der Waals surface area contributed by atoms with Crippen LogP contribution in [0.3, 0.4) is 0 Å². The van der Waals surface area contributed by atoms with E-state index in [-0.39, 0.29) is 23.6 Å². The van der Waals surface area contributed by atoms with Gasteiger partial charge in [-0.15, -0.1) is 0 Å². The molecule has 2 aromatic carbocycles. The second kappa shape index (κ2) is 9.78. The van der Waals surface area contributed by atoms with Gasteiger partial charge >= 0.3 is 5.97 Å². The van der Waals surface area contributed by atoms with Gasteiger partial charge in [-0.3, -0.25) is 9.59 Å². The summed E-state index contributed by atoms with van der Waals surface area (Å²) in [4.78, 5) is 37.3. The Hall–Kier alpha value is -3.28. The molecule has 0 radical (unpaired) electrons. The lowest BCUT2D eigenvalue weighted by molar-refractivity contribution is 0.0487. The van der Waals surface area contributed by atoms with Gasteiger partial charge in [0.05, 0.1) is 12.0 Å². The fourth-order valence-electron chi connectivity index (χ4n) is 3.08. The third-order valence-corrected chi connectivity index (χ3v) is 4.66. The molecule has 3 rings (SSSR count). The molecule has 6 nitrogen and oxygen atoms in total. The van der Waals surface area contributed by atoms with Crippen molar-refractivity contribution in [3.63, 3.8) is 0 Å². The molecule has 0 aliphatic rings. The summed E-state index contributed by atoms with van der Waals surface area (Å²) in [6, 6.07) is 15.9. The van der Waals surface area contributed by atoms with Crippen LogP contribution in [0.5, 0.6) is 0 Å². The van der Waals surface area contributed by atoms with E-state index in [0.717, 1.165) is 12.8 Å². The van der Waals surface area contributed by atoms with Crippen LogP contribution in [0, 0.1) is 0 Å². The van der Waals surface area contributed by atoms with Gasteiger partial charge < -0.3 is 4.74 Å². The molecule has 3 aromatic rings. The quantitative estimate of drug-likeness (QED) is 0.312. The highest BCUT2D eigenvalue weighted by molar-refractivity contribution is 6.02. The Balaban J connectivity index is 1.69. The molecular weight excluding hydrogens is 368 g/mol. The lowest BCUT2D eigenvalue weighted by Crippen LogP contribution is -2.26. The van der Waals surface area contributed by atoms with Crippen molar-refractivity contribution in [2.45, 2.75) is 39.2 Å². The molecule has 0 amide bonds. The predicted molar refractivity (Wildman–Crippen MR) is 111 cm³/mol. The Morgan fingerprint density at radius 1 is 0.966 bits per heavy atom. The topological polar surface area (TPSA) is 78.3 Å². The number of fused-ring (bicyclic) bond motifs is 1. The summed E-state index contributed by atoms with van der Waals surface area (Å²) < 4.78 is 6.69. The molecule has 0 saturated heterocycles. The first-order valence-corrected chi connectivity index (χ1v) is 9.87. The number of hydrogen-bond donors (Lipinski definition) is 0. The molecular formula is C23H24N2O4. The van der Waals surface area contributed by atoms with E-state index in [0.29, 0.717) is 35.7 Å². The number of Topliss-reactive ketones (excluding diaryl/α,β-unsaturated/α-hetero) is 1. The molecule has 0 N–H and O–H groups in total. The number of rotatable bonds is 9. The molecule has 0 fully saturated rings. The summed E-state index contributed by atoms with van der Waals surface area (Å²) in [7, 11) is 0. The van der Waals surface area contributed by atoms with E-state index < -0.39 is 5.97 Å². The number of hydrogen-bond acceptors (Lipinski definition) is 5. The van der Waals surface area contributed by atoms with Gasteiger partial charge in [-0.05, 0) is 18.9 Å². The van der Waals surface area contributed by atoms with Gasteiger partial charge in [0.25, 0.3) is 5.56 Å². The van der Waals surface area contributed by atoms with Crippen LogP contribution in [0.4, 0.5) is 0 Å². The summed E-state index contributed by atoms with van der Waals surface area (Å²) in [5.74, 6) is -0.572. The largest absolute Gasteiger partial charge is 0.461 e. The maximum atomic E-state index is 12.6. The van der Waals surface area contributed by atoms with Crippen LogP contribution in [0.2, 0.25) is 0 Å². The number of unbranched alkanes of at least 4 members (excludes halogenated alkanes) is 1. The van der Waals surface area contributed by atoms with Gasteiger partial charge in [0.1, 0.15) is 0 Å². The maximum Gasteiger partial charge on any atom is 0.359 e. The van der Waals surface area contributed by atoms with E-state index in [2.05, 4.69) is 5.10 Å². The zero-order valence-corrected chi connectivity index (χ0v) is 16.5. The Kier molecular flexibility index (Phi) is 6.89. The highest BCUT2D eigenvalue weighted by atomic mass is 16.5. The molecule has 6 heteroatoms. The van der Waals surface area contributed by atoms with E-state index in [9.17, 15) is 14.4 Å². The molecule has 150 valence electrons. The Bertz CT molecular complexity index is 1060. The average molecular weight is 392 g/mol. The number of ether oxygens (including phenoxy) is 1. The summed E-state index contributed by atoms with van der Waals surface area (Å²) in [6.45, 7) is 2.59. The lowest BCUT2D eigenvalue weighted by Gasteiger charge is -2.10. The van der Waals surface area contributed by atoms with Crippen molar-refractivity contribution < 1.29 is 14.3 Å². The molecule has 0 atom stereocenters. The fourth-order valence-corrected chi connectivity index (χ4v) is 3.08. The SMILES string of the molecule is CCCCn1nc(C(=O)OCCCC(=O)c2ccccc2)c2ccccc2c1=O. The van der Waals surface area contributed by atoms with Gasteiger partial charge in [-0.2, -0.15) is 5.10 Å². The van der Waals surface area contributed by atoms with Gasteiger partial charge in [-0.1, -0.05) is 61.9 Å². The highest BCUT2D eigenvalue weighted by Gasteiger charge is 2.18. The predicted octanol–water partition coefficient (Wildman–Crippen LogP) is 4.02. The molecule has 0 spiro atoms. The molecule has 1 aromatic heterocycles. The molecule has 0 aliphatic carbocycles. The zero-order chi connectivity index (χ0) is 20.6. The minimum atomic E-state index is -0.585. The molecule has 0 saturated carbocycles. The van der Waals surface area contributed by atoms with Crippen LogP contribution in [-0.4, -0.2) is 28.1 Å². The van der Waals surface area contributed by atoms with Crippen molar-refractivity contribution in [2.24, 2.45) is 0 Å². The first kappa shape index (κ1) is 20.5. The van der Waals surface area contributed by atoms with Crippen molar-refractivity contribution in [3.8, 4) is 0 Å². The third kappa shape index (κ3) is 4.96. The minimum absolute atomic E-state index is 0.0124. The number of aromatic nitrogens is 2. The van der Waals surface area contributed by atoms with Crippen molar-refractivity contribution >= 4 is 22.5 Å². The van der Waals surface area contributed by atoms with E-state index in [4.69, 9.17) is 4.74 Å². The van der Waals surface area contributed by atoms with E-state index >= 15 is 0 Å². The normalized spacial score (nSPS) is 10.8. The average Bonchev–Trinajstić information content (AvgIpc) is 2.76. The first-order chi connectivity index (χ1) is 14.1. The Morgan fingerprint density at radius 2 is 1.66 bits per heavy atom. The van der Waals surface area contributed by atoms with Crippen LogP contribution in [-0.2, 0) is 11.3 Å². The van der Waals surface area contributed by atoms with E-state index in [1.807, 2.05) is 25.1 Å². The Labute approximate surface area is 169 Å². The van der Waals surface area contributed by atoms with Crippen LogP contribution in [0.1, 0.15) is 53.5 Å². The maximum absolute atomic E-state index is 12.6. The van der Waals surface area contributed by atoms with E-state index in [1.54, 1.807) is 36.4 Å². The van der Waals surface area contributed by atoms with Gasteiger partial charge in [0.2, 0.25) is 0 Å². The zero-order valence-electron chi connectivity index (χ0n) is 16.5. The van der Waals surface area contributed by atoms with E-state index in [1.165, 1.54) is 4.68 Å². The molecule has 1 heterocycles. The number of benzene rings is 2. The minimum Gasteiger partial charge on any atom is -0.461 e. The molecule has 0 bridgehead atoms. The smallest absolute Gasteiger partial charge is 0.359 e. The monoisotopic (exact) mass is 392 g/mol. The van der Waals surface area contributed by atoms with Crippen LogP contribution in [0.25, 0.3) is 10.8 Å². The summed E-state index contributed by atoms with van der Waals surface area (Å²) >= 11 is 0. The number of carbonyl (C=O) groups excluding carboxylic acids is 2. The van der Waals surface area contributed by atoms with Gasteiger partial charge in [0, 0.05) is 23.9 Å². The van der Waals surface area contributed by atoms with Crippen LogP contribution < -0.4 is 5.56 Å². The summed E-state index contributed by atoms with van der Waals surface area (Å²) in [5.41, 5.74) is 0.569. The molecule has 0 aliphatic heterocycles. The number of aryl methyl sites for hydroxylation is 1. The standard InChI is InChI=1S/C23H24N2O4/c1-2-3-15-25-22(27)19-13-8-7-12-18(19)21(24-25)23(28)29-16-9-14-20(26)17-10-5-4-6-11-17/h4-8,10-13H,2-3,9,14-16H2,1H3. The number of esters is 1. The second-order valence-electron chi connectivity index (χ2n) is 6.80. The van der Waals surface area contributed by atoms with Crippen molar-refractivity contribution in [3.05, 3.63) is 76.2 Å². The lowest BCUT2D eigenvalue weighted by atomic mass is 10.1. The summed E-state index contributed by atoms with van der Waals surface area (Å²) in [6.07, 6.45) is 2.42. The highest BCUT2D eigenvalue weighted by Crippen LogP contribution is 2.15. The van der Waals surface area contributed by atoms with Crippen molar-refractivity contribution in [1.29, 1.82) is 0 Å². The number of nitrogens with zero attached hydrogens (tertiary/aromatic N) is 2. The van der Waals surface area contributed by atoms with Gasteiger partial charge in [0.15, 0.2) is 11.5 Å². The van der Waals surface area contributed by atoms with Gasteiger partial charge in [-0.25, -0.2) is 9.48 Å².